The van der Waals surface area contributed by atoms with Crippen molar-refractivity contribution in [1.29, 1.82) is 0 Å². The number of carbonyl (C=O) groups is 1. The smallest absolute Gasteiger partial charge is 0.338 e. The molecule has 5 heteroatoms. The highest BCUT2D eigenvalue weighted by molar-refractivity contribution is 8.13. The molecule has 1 aromatic rings. The second-order valence-electron chi connectivity index (χ2n) is 4.74. The molecule has 1 aromatic carbocycles. The van der Waals surface area contributed by atoms with Crippen molar-refractivity contribution in [2.45, 2.75) is 19.9 Å². The number of hydrogen-bond donors (Lipinski definition) is 0. The van der Waals surface area contributed by atoms with Crippen LogP contribution >= 0.6 is 11.8 Å². The number of likely N-dealkylation sites (N-methyl/N-ethyl adjacent to an activating group) is 1. The Balaban J connectivity index is 2.53. The third-order valence-corrected chi connectivity index (χ3v) is 4.15. The van der Waals surface area contributed by atoms with E-state index < -0.39 is 0 Å². The van der Waals surface area contributed by atoms with Gasteiger partial charge in [0.15, 0.2) is 5.17 Å². The second-order valence-corrected chi connectivity index (χ2v) is 5.52. The van der Waals surface area contributed by atoms with Crippen LogP contribution in [0.2, 0.25) is 0 Å². The molecule has 0 saturated carbocycles. The highest BCUT2D eigenvalue weighted by Gasteiger charge is 2.34. The topological polar surface area (TPSA) is 41.9 Å². The molecule has 0 unspecified atom stereocenters. The first kappa shape index (κ1) is 15.6. The van der Waals surface area contributed by atoms with E-state index in [1.807, 2.05) is 62.4 Å². The number of amidine groups is 1. The van der Waals surface area contributed by atoms with Crippen LogP contribution in [0.5, 0.6) is 0 Å². The van der Waals surface area contributed by atoms with Gasteiger partial charge in [0.2, 0.25) is 0 Å². The normalized spacial score (nSPS) is 18.6. The third-order valence-electron chi connectivity index (χ3n) is 3.41. The van der Waals surface area contributed by atoms with Crippen LogP contribution in [-0.4, -0.2) is 35.9 Å². The molecule has 0 N–H and O–H groups in total. The van der Waals surface area contributed by atoms with E-state index in [0.717, 1.165) is 16.4 Å². The summed E-state index contributed by atoms with van der Waals surface area (Å²) in [6.07, 6.45) is 1.99. The summed E-state index contributed by atoms with van der Waals surface area (Å²) in [7, 11) is 1.96. The molecular formula is C16H20N2O2S. The molecule has 1 aliphatic rings. The molecular weight excluding hydrogens is 284 g/mol. The summed E-state index contributed by atoms with van der Waals surface area (Å²) in [6, 6.07) is 9.81. The lowest BCUT2D eigenvalue weighted by atomic mass is 9.95. The Morgan fingerprint density at radius 1 is 1.38 bits per heavy atom. The lowest BCUT2D eigenvalue weighted by molar-refractivity contribution is -0.139. The average molecular weight is 304 g/mol. The molecule has 0 aromatic heterocycles. The van der Waals surface area contributed by atoms with Crippen LogP contribution < -0.4 is 0 Å². The fourth-order valence-electron chi connectivity index (χ4n) is 2.47. The average Bonchev–Trinajstić information content (AvgIpc) is 2.49. The highest BCUT2D eigenvalue weighted by Crippen LogP contribution is 2.36. The zero-order chi connectivity index (χ0) is 15.4. The highest BCUT2D eigenvalue weighted by atomic mass is 32.2. The predicted octanol–water partition coefficient (Wildman–Crippen LogP) is 3.23. The van der Waals surface area contributed by atoms with Crippen molar-refractivity contribution in [3.63, 3.8) is 0 Å². The first-order valence-electron chi connectivity index (χ1n) is 6.88. The maximum atomic E-state index is 12.3. The summed E-state index contributed by atoms with van der Waals surface area (Å²) in [4.78, 5) is 18.9. The van der Waals surface area contributed by atoms with Crippen molar-refractivity contribution in [2.75, 3.05) is 19.9 Å². The minimum Gasteiger partial charge on any atom is -0.463 e. The van der Waals surface area contributed by atoms with Crippen molar-refractivity contribution in [3.8, 4) is 0 Å². The van der Waals surface area contributed by atoms with E-state index in [4.69, 9.17) is 4.74 Å². The quantitative estimate of drug-likeness (QED) is 0.804. The van der Waals surface area contributed by atoms with Gasteiger partial charge in [0.05, 0.1) is 23.9 Å². The van der Waals surface area contributed by atoms with Crippen LogP contribution in [0.1, 0.15) is 25.5 Å². The number of thioether (sulfide) groups is 1. The predicted molar refractivity (Wildman–Crippen MR) is 87.2 cm³/mol. The van der Waals surface area contributed by atoms with Crippen molar-refractivity contribution >= 4 is 22.9 Å². The van der Waals surface area contributed by atoms with Crippen LogP contribution in [0.25, 0.3) is 0 Å². The molecule has 1 heterocycles. The molecule has 2 rings (SSSR count). The van der Waals surface area contributed by atoms with E-state index in [0.29, 0.717) is 12.2 Å². The Morgan fingerprint density at radius 3 is 2.62 bits per heavy atom. The maximum Gasteiger partial charge on any atom is 0.338 e. The molecule has 0 spiro atoms. The van der Waals surface area contributed by atoms with Crippen molar-refractivity contribution in [3.05, 3.63) is 47.2 Å². The van der Waals surface area contributed by atoms with E-state index in [2.05, 4.69) is 4.99 Å². The van der Waals surface area contributed by atoms with E-state index in [1.54, 1.807) is 11.8 Å². The summed E-state index contributed by atoms with van der Waals surface area (Å²) < 4.78 is 5.22. The Labute approximate surface area is 129 Å². The van der Waals surface area contributed by atoms with Gasteiger partial charge in [-0.3, -0.25) is 0 Å². The Kier molecular flexibility index (Phi) is 5.07. The summed E-state index contributed by atoms with van der Waals surface area (Å²) >= 11 is 1.57. The maximum absolute atomic E-state index is 12.3. The first-order valence-corrected chi connectivity index (χ1v) is 8.11. The number of nitrogens with zero attached hydrogens (tertiary/aromatic N) is 2. The van der Waals surface area contributed by atoms with Crippen LogP contribution in [0.4, 0.5) is 0 Å². The van der Waals surface area contributed by atoms with Gasteiger partial charge < -0.3 is 9.64 Å². The standard InChI is InChI=1S/C16H20N2O2S/c1-5-20-15(19)13-11(2)17-16(21-4)18(3)14(13)12-9-7-6-8-10-12/h6-10,14H,5H2,1-4H3/t14-/m1/s1. The molecule has 4 nitrogen and oxygen atoms in total. The molecule has 1 aliphatic heterocycles. The Morgan fingerprint density at radius 2 is 2.05 bits per heavy atom. The van der Waals surface area contributed by atoms with Gasteiger partial charge in [0.25, 0.3) is 0 Å². The Hall–Kier alpha value is -1.75. The Bertz CT molecular complexity index is 581. The van der Waals surface area contributed by atoms with Gasteiger partial charge in [0, 0.05) is 7.05 Å². The number of aliphatic imine (C=N–C) groups is 1. The monoisotopic (exact) mass is 304 g/mol. The third kappa shape index (κ3) is 3.13. The molecule has 0 bridgehead atoms. The molecule has 0 radical (unpaired) electrons. The number of benzene rings is 1. The van der Waals surface area contributed by atoms with Gasteiger partial charge in [0.1, 0.15) is 0 Å². The van der Waals surface area contributed by atoms with Crippen molar-refractivity contribution < 1.29 is 9.53 Å². The van der Waals surface area contributed by atoms with E-state index in [1.165, 1.54) is 0 Å². The summed E-state index contributed by atoms with van der Waals surface area (Å²) in [5.74, 6) is -0.292. The van der Waals surface area contributed by atoms with E-state index in [9.17, 15) is 4.79 Å². The fraction of sp³-hybridized carbons (Fsp3) is 0.375. The zero-order valence-electron chi connectivity index (χ0n) is 12.8. The van der Waals surface area contributed by atoms with Crippen molar-refractivity contribution in [1.82, 2.24) is 4.90 Å². The molecule has 112 valence electrons. The number of ether oxygens (including phenoxy) is 1. The minimum absolute atomic E-state index is 0.162. The van der Waals surface area contributed by atoms with Gasteiger partial charge >= 0.3 is 5.97 Å². The number of hydrogen-bond acceptors (Lipinski definition) is 5. The van der Waals surface area contributed by atoms with Gasteiger partial charge in [-0.2, -0.15) is 0 Å². The zero-order valence-corrected chi connectivity index (χ0v) is 13.6. The molecule has 0 aliphatic carbocycles. The van der Waals surface area contributed by atoms with E-state index >= 15 is 0 Å². The first-order chi connectivity index (χ1) is 10.1. The second kappa shape index (κ2) is 6.80. The number of carbonyl (C=O) groups excluding carboxylic acids is 1. The van der Waals surface area contributed by atoms with Crippen LogP contribution in [0.3, 0.4) is 0 Å². The van der Waals surface area contributed by atoms with Crippen LogP contribution in [-0.2, 0) is 9.53 Å². The van der Waals surface area contributed by atoms with E-state index in [-0.39, 0.29) is 12.0 Å². The summed E-state index contributed by atoms with van der Waals surface area (Å²) in [5, 5.41) is 0.898. The largest absolute Gasteiger partial charge is 0.463 e. The van der Waals surface area contributed by atoms with Gasteiger partial charge in [-0.25, -0.2) is 9.79 Å². The molecule has 21 heavy (non-hydrogen) atoms. The SMILES string of the molecule is CCOC(=O)C1=C(C)N=C(SC)N(C)[C@@H]1c1ccccc1. The molecule has 0 saturated heterocycles. The van der Waals surface area contributed by atoms with Crippen LogP contribution in [0, 0.1) is 0 Å². The van der Waals surface area contributed by atoms with Crippen molar-refractivity contribution in [2.24, 2.45) is 4.99 Å². The van der Waals surface area contributed by atoms with Gasteiger partial charge in [-0.15, -0.1) is 0 Å². The minimum atomic E-state index is -0.292. The molecule has 0 fully saturated rings. The van der Waals surface area contributed by atoms with Gasteiger partial charge in [-0.1, -0.05) is 42.1 Å². The lowest BCUT2D eigenvalue weighted by Gasteiger charge is -2.35. The number of allylic oxidation sites excluding steroid dienone is 1. The number of esters is 1. The molecule has 0 amide bonds. The summed E-state index contributed by atoms with van der Waals surface area (Å²) in [5.41, 5.74) is 2.40. The number of rotatable bonds is 3. The lowest BCUT2D eigenvalue weighted by Crippen LogP contribution is -2.36. The summed E-state index contributed by atoms with van der Waals surface area (Å²) in [6.45, 7) is 4.04. The van der Waals surface area contributed by atoms with Crippen LogP contribution in [0.15, 0.2) is 46.6 Å². The fourth-order valence-corrected chi connectivity index (χ4v) is 3.09. The molecule has 1 atom stereocenters. The van der Waals surface area contributed by atoms with Gasteiger partial charge in [-0.05, 0) is 25.7 Å².